The molecule has 6 nitrogen and oxygen atoms in total. The van der Waals surface area contributed by atoms with Gasteiger partial charge in [0.2, 0.25) is 0 Å². The second kappa shape index (κ2) is 7.72. The van der Waals surface area contributed by atoms with E-state index in [1.54, 1.807) is 36.9 Å². The Morgan fingerprint density at radius 2 is 2.29 bits per heavy atom. The van der Waals surface area contributed by atoms with E-state index >= 15 is 0 Å². The van der Waals surface area contributed by atoms with Gasteiger partial charge in [-0.2, -0.15) is 0 Å². The van der Waals surface area contributed by atoms with Crippen LogP contribution in [0.4, 0.5) is 0 Å². The molecule has 24 heavy (non-hydrogen) atoms. The molecule has 1 amide bonds. The highest BCUT2D eigenvalue weighted by Crippen LogP contribution is 2.32. The van der Waals surface area contributed by atoms with Gasteiger partial charge < -0.3 is 14.2 Å². The molecule has 1 atom stereocenters. The molecule has 1 aliphatic rings. The first kappa shape index (κ1) is 16.9. The monoisotopic (exact) mass is 347 g/mol. The zero-order chi connectivity index (χ0) is 16.9. The summed E-state index contributed by atoms with van der Waals surface area (Å²) in [5.74, 6) is -0.0407. The zero-order valence-corrected chi connectivity index (χ0v) is 14.5. The molecule has 7 heteroatoms. The van der Waals surface area contributed by atoms with Gasteiger partial charge in [0.25, 0.3) is 11.5 Å². The smallest absolute Gasteiger partial charge is 0.255 e. The van der Waals surface area contributed by atoms with E-state index in [0.29, 0.717) is 18.7 Å². The first-order valence-corrected chi connectivity index (χ1v) is 8.98. The van der Waals surface area contributed by atoms with Crippen molar-refractivity contribution in [2.24, 2.45) is 0 Å². The van der Waals surface area contributed by atoms with Crippen LogP contribution in [0.1, 0.15) is 40.7 Å². The summed E-state index contributed by atoms with van der Waals surface area (Å²) in [6.45, 7) is 1.59. The number of nitrogens with zero attached hydrogens (tertiary/aromatic N) is 3. The highest BCUT2D eigenvalue weighted by Gasteiger charge is 2.30. The van der Waals surface area contributed by atoms with Gasteiger partial charge >= 0.3 is 0 Å². The van der Waals surface area contributed by atoms with Crippen LogP contribution in [0.15, 0.2) is 34.7 Å². The highest BCUT2D eigenvalue weighted by molar-refractivity contribution is 7.09. The van der Waals surface area contributed by atoms with Crippen molar-refractivity contribution in [2.75, 3.05) is 20.3 Å². The van der Waals surface area contributed by atoms with Crippen LogP contribution in [0.2, 0.25) is 0 Å². The summed E-state index contributed by atoms with van der Waals surface area (Å²) in [7, 11) is 1.59. The number of likely N-dealkylation sites (tertiary alicyclic amines) is 1. The molecule has 0 saturated carbocycles. The number of piperidine rings is 1. The van der Waals surface area contributed by atoms with Crippen LogP contribution in [0.5, 0.6) is 0 Å². The van der Waals surface area contributed by atoms with Crippen molar-refractivity contribution in [3.8, 4) is 0 Å². The minimum Gasteiger partial charge on any atom is -0.383 e. The average molecular weight is 347 g/mol. The fraction of sp³-hybridized carbons (Fsp3) is 0.471. The van der Waals surface area contributed by atoms with Gasteiger partial charge in [-0.25, -0.2) is 4.98 Å². The lowest BCUT2D eigenvalue weighted by atomic mass is 10.0. The number of ether oxygens (including phenoxy) is 1. The first-order chi connectivity index (χ1) is 11.7. The topological polar surface area (TPSA) is 64.4 Å². The minimum absolute atomic E-state index is 0.0330. The predicted octanol–water partition coefficient (Wildman–Crippen LogP) is 2.32. The normalized spacial score (nSPS) is 17.9. The number of aromatic nitrogens is 2. The molecule has 1 fully saturated rings. The summed E-state index contributed by atoms with van der Waals surface area (Å²) in [6.07, 6.45) is 6.44. The van der Waals surface area contributed by atoms with Crippen molar-refractivity contribution in [1.82, 2.24) is 14.5 Å². The number of carbonyl (C=O) groups excluding carboxylic acids is 1. The van der Waals surface area contributed by atoms with Gasteiger partial charge in [0.15, 0.2) is 0 Å². The zero-order valence-electron chi connectivity index (χ0n) is 13.7. The van der Waals surface area contributed by atoms with Crippen molar-refractivity contribution in [3.05, 3.63) is 50.8 Å². The number of pyridine rings is 1. The summed E-state index contributed by atoms with van der Waals surface area (Å²) in [6, 6.07) is 3.10. The van der Waals surface area contributed by atoms with Crippen LogP contribution >= 0.6 is 11.3 Å². The van der Waals surface area contributed by atoms with E-state index in [1.807, 2.05) is 10.3 Å². The molecule has 3 heterocycles. The van der Waals surface area contributed by atoms with Crippen molar-refractivity contribution < 1.29 is 9.53 Å². The number of methoxy groups -OCH3 is 1. The van der Waals surface area contributed by atoms with Gasteiger partial charge in [-0.1, -0.05) is 0 Å². The third-order valence-corrected chi connectivity index (χ3v) is 5.14. The maximum atomic E-state index is 13.0. The standard InChI is InChI=1S/C17H21N3O3S/c1-23-10-9-19-12-13(5-6-15(19)21)17(22)20-8-3-2-4-14(20)16-18-7-11-24-16/h5-7,11-12,14H,2-4,8-10H2,1H3/t14-/m0/s1. The fourth-order valence-electron chi connectivity index (χ4n) is 3.02. The van der Waals surface area contributed by atoms with E-state index in [1.165, 1.54) is 10.6 Å². The Hall–Kier alpha value is -1.99. The third-order valence-electron chi connectivity index (χ3n) is 4.27. The Labute approximate surface area is 144 Å². The summed E-state index contributed by atoms with van der Waals surface area (Å²) in [5, 5.41) is 2.92. The van der Waals surface area contributed by atoms with E-state index in [4.69, 9.17) is 4.74 Å². The summed E-state index contributed by atoms with van der Waals surface area (Å²) < 4.78 is 6.55. The fourth-order valence-corrected chi connectivity index (χ4v) is 3.80. The van der Waals surface area contributed by atoms with E-state index in [2.05, 4.69) is 4.98 Å². The van der Waals surface area contributed by atoms with Crippen molar-refractivity contribution >= 4 is 17.2 Å². The van der Waals surface area contributed by atoms with Crippen LogP contribution in [0, 0.1) is 0 Å². The Kier molecular flexibility index (Phi) is 5.42. The molecular formula is C17H21N3O3S. The molecule has 0 radical (unpaired) electrons. The van der Waals surface area contributed by atoms with Gasteiger partial charge in [0, 0.05) is 44.0 Å². The van der Waals surface area contributed by atoms with Gasteiger partial charge in [0.05, 0.1) is 18.2 Å². The molecular weight excluding hydrogens is 326 g/mol. The first-order valence-electron chi connectivity index (χ1n) is 8.10. The molecule has 3 rings (SSSR count). The van der Waals surface area contributed by atoms with Crippen LogP contribution in [-0.2, 0) is 11.3 Å². The van der Waals surface area contributed by atoms with Gasteiger partial charge in [-0.15, -0.1) is 11.3 Å². The molecule has 0 aromatic carbocycles. The average Bonchev–Trinajstić information content (AvgIpc) is 3.15. The number of hydrogen-bond acceptors (Lipinski definition) is 5. The lowest BCUT2D eigenvalue weighted by Gasteiger charge is -2.34. The molecule has 0 unspecified atom stereocenters. The van der Waals surface area contributed by atoms with E-state index in [-0.39, 0.29) is 17.5 Å². The number of amides is 1. The van der Waals surface area contributed by atoms with Crippen LogP contribution < -0.4 is 5.56 Å². The van der Waals surface area contributed by atoms with E-state index < -0.39 is 0 Å². The van der Waals surface area contributed by atoms with Crippen LogP contribution in [0.25, 0.3) is 0 Å². The van der Waals surface area contributed by atoms with Crippen molar-refractivity contribution in [3.63, 3.8) is 0 Å². The second-order valence-corrected chi connectivity index (χ2v) is 6.75. The Bertz CT molecular complexity index is 742. The Morgan fingerprint density at radius 3 is 3.04 bits per heavy atom. The molecule has 2 aromatic heterocycles. The summed E-state index contributed by atoms with van der Waals surface area (Å²) in [5.41, 5.74) is 0.410. The maximum Gasteiger partial charge on any atom is 0.255 e. The predicted molar refractivity (Wildman–Crippen MR) is 92.3 cm³/mol. The van der Waals surface area contributed by atoms with E-state index in [9.17, 15) is 9.59 Å². The van der Waals surface area contributed by atoms with Gasteiger partial charge in [-0.3, -0.25) is 9.59 Å². The molecule has 1 aliphatic heterocycles. The molecule has 2 aromatic rings. The second-order valence-electron chi connectivity index (χ2n) is 5.82. The lowest BCUT2D eigenvalue weighted by molar-refractivity contribution is 0.0610. The Morgan fingerprint density at radius 1 is 1.42 bits per heavy atom. The Balaban J connectivity index is 1.85. The number of rotatable bonds is 5. The summed E-state index contributed by atoms with van der Waals surface area (Å²) >= 11 is 1.59. The van der Waals surface area contributed by atoms with Gasteiger partial charge in [0.1, 0.15) is 5.01 Å². The van der Waals surface area contributed by atoms with Crippen LogP contribution in [0.3, 0.4) is 0 Å². The molecule has 1 saturated heterocycles. The maximum absolute atomic E-state index is 13.0. The van der Waals surface area contributed by atoms with Crippen LogP contribution in [-0.4, -0.2) is 40.6 Å². The highest BCUT2D eigenvalue weighted by atomic mass is 32.1. The number of hydrogen-bond donors (Lipinski definition) is 0. The van der Waals surface area contributed by atoms with Crippen molar-refractivity contribution in [2.45, 2.75) is 31.8 Å². The molecule has 0 spiro atoms. The lowest BCUT2D eigenvalue weighted by Crippen LogP contribution is -2.39. The SMILES string of the molecule is COCCn1cc(C(=O)N2CCCC[C@H]2c2nccs2)ccc1=O. The molecule has 0 aliphatic carbocycles. The molecule has 0 bridgehead atoms. The number of carbonyl (C=O) groups is 1. The van der Waals surface area contributed by atoms with Crippen molar-refractivity contribution in [1.29, 1.82) is 0 Å². The van der Waals surface area contributed by atoms with E-state index in [0.717, 1.165) is 30.8 Å². The summed E-state index contributed by atoms with van der Waals surface area (Å²) in [4.78, 5) is 31.2. The quantitative estimate of drug-likeness (QED) is 0.833. The number of thiazole rings is 1. The third kappa shape index (κ3) is 3.57. The largest absolute Gasteiger partial charge is 0.383 e. The molecule has 0 N–H and O–H groups in total. The minimum atomic E-state index is -0.126. The molecule has 128 valence electrons. The van der Waals surface area contributed by atoms with Gasteiger partial charge in [-0.05, 0) is 25.3 Å².